The van der Waals surface area contributed by atoms with Gasteiger partial charge in [0.05, 0.1) is 6.54 Å². The second kappa shape index (κ2) is 9.47. The van der Waals surface area contributed by atoms with Gasteiger partial charge in [0.2, 0.25) is 11.9 Å². The zero-order valence-corrected chi connectivity index (χ0v) is 20.0. The van der Waals surface area contributed by atoms with E-state index in [1.54, 1.807) is 0 Å². The van der Waals surface area contributed by atoms with E-state index in [2.05, 4.69) is 45.5 Å². The quantitative estimate of drug-likeness (QED) is 0.591. The molecular formula is C25H29N5O2S. The summed E-state index contributed by atoms with van der Waals surface area (Å²) in [7, 11) is 0. The van der Waals surface area contributed by atoms with Crippen molar-refractivity contribution in [3.8, 4) is 11.5 Å². The summed E-state index contributed by atoms with van der Waals surface area (Å²) in [5.74, 6) is 4.65. The molecule has 2 aliphatic heterocycles. The molecule has 1 saturated heterocycles. The second-order valence-corrected chi connectivity index (χ2v) is 9.70. The van der Waals surface area contributed by atoms with Crippen LogP contribution in [0.1, 0.15) is 30.2 Å². The van der Waals surface area contributed by atoms with E-state index < -0.39 is 0 Å². The van der Waals surface area contributed by atoms with Crippen molar-refractivity contribution in [2.24, 2.45) is 0 Å². The number of aromatic nitrogens is 2. The van der Waals surface area contributed by atoms with E-state index in [1.165, 1.54) is 17.2 Å². The summed E-state index contributed by atoms with van der Waals surface area (Å²) in [6.07, 6.45) is 3.14. The minimum Gasteiger partial charge on any atom is -0.457 e. The number of furan rings is 1. The van der Waals surface area contributed by atoms with Gasteiger partial charge >= 0.3 is 0 Å². The highest BCUT2D eigenvalue weighted by atomic mass is 32.2. The number of nitrogens with zero attached hydrogens (tertiary/aromatic N) is 4. The molecule has 2 aromatic heterocycles. The standard InChI is InChI=1S/C25H29N5O2S/c1-3-23(31)30-9-8-18-14-21(32-22(18)16-30)24-17(2)15-26-25(28-24)27-19-4-6-20(7-5-19)29-10-12-33-13-11-29/h4-7,14-15H,3,8-13,16H2,1-2H3,(H,26,27,28). The van der Waals surface area contributed by atoms with Crippen LogP contribution in [-0.4, -0.2) is 51.9 Å². The molecule has 2 aliphatic rings. The summed E-state index contributed by atoms with van der Waals surface area (Å²) >= 11 is 2.01. The predicted molar refractivity (Wildman–Crippen MR) is 133 cm³/mol. The number of benzene rings is 1. The Morgan fingerprint density at radius 2 is 1.97 bits per heavy atom. The molecule has 0 spiro atoms. The molecule has 0 radical (unpaired) electrons. The third kappa shape index (κ3) is 4.71. The smallest absolute Gasteiger partial charge is 0.227 e. The number of carbonyl (C=O) groups excluding carboxylic acids is 1. The Balaban J connectivity index is 1.33. The van der Waals surface area contributed by atoms with E-state index >= 15 is 0 Å². The molecule has 0 unspecified atom stereocenters. The molecular weight excluding hydrogens is 434 g/mol. The van der Waals surface area contributed by atoms with Crippen molar-refractivity contribution in [1.29, 1.82) is 0 Å². The van der Waals surface area contributed by atoms with Gasteiger partial charge in [-0.2, -0.15) is 11.8 Å². The van der Waals surface area contributed by atoms with Gasteiger partial charge in [0.25, 0.3) is 0 Å². The lowest BCUT2D eigenvalue weighted by Gasteiger charge is -2.28. The van der Waals surface area contributed by atoms with Crippen molar-refractivity contribution >= 4 is 35.0 Å². The zero-order valence-electron chi connectivity index (χ0n) is 19.1. The first-order valence-corrected chi connectivity index (χ1v) is 12.7. The first-order chi connectivity index (χ1) is 16.1. The Labute approximate surface area is 198 Å². The van der Waals surface area contributed by atoms with Crippen LogP contribution in [0.3, 0.4) is 0 Å². The van der Waals surface area contributed by atoms with Crippen molar-refractivity contribution in [2.45, 2.75) is 33.2 Å². The van der Waals surface area contributed by atoms with Gasteiger partial charge in [0.1, 0.15) is 11.5 Å². The monoisotopic (exact) mass is 463 g/mol. The lowest BCUT2D eigenvalue weighted by Crippen LogP contribution is -2.34. The maximum absolute atomic E-state index is 12.1. The molecule has 5 rings (SSSR count). The number of hydrogen-bond donors (Lipinski definition) is 1. The van der Waals surface area contributed by atoms with Crippen molar-refractivity contribution in [2.75, 3.05) is 41.4 Å². The number of nitrogens with one attached hydrogen (secondary N) is 1. The Hall–Kier alpha value is -3.00. The molecule has 0 bridgehead atoms. The van der Waals surface area contributed by atoms with Gasteiger partial charge in [-0.15, -0.1) is 0 Å². The van der Waals surface area contributed by atoms with Gasteiger partial charge < -0.3 is 19.5 Å². The van der Waals surface area contributed by atoms with E-state index in [9.17, 15) is 4.79 Å². The Kier molecular flexibility index (Phi) is 6.26. The summed E-state index contributed by atoms with van der Waals surface area (Å²) in [6.45, 7) is 7.34. The molecule has 4 heterocycles. The second-order valence-electron chi connectivity index (χ2n) is 8.47. The van der Waals surface area contributed by atoms with E-state index in [1.807, 2.05) is 36.7 Å². The van der Waals surface area contributed by atoms with Crippen LogP contribution in [0.2, 0.25) is 0 Å². The number of amides is 1. The number of fused-ring (bicyclic) bond motifs is 1. The van der Waals surface area contributed by atoms with Gasteiger partial charge in [-0.25, -0.2) is 9.97 Å². The summed E-state index contributed by atoms with van der Waals surface area (Å²) in [4.78, 5) is 25.6. The Morgan fingerprint density at radius 3 is 2.73 bits per heavy atom. The molecule has 1 aromatic carbocycles. The molecule has 33 heavy (non-hydrogen) atoms. The summed E-state index contributed by atoms with van der Waals surface area (Å²) in [5, 5.41) is 3.32. The maximum Gasteiger partial charge on any atom is 0.227 e. The molecule has 0 aliphatic carbocycles. The van der Waals surface area contributed by atoms with Crippen LogP contribution in [0.4, 0.5) is 17.3 Å². The number of aryl methyl sites for hydroxylation is 1. The molecule has 0 atom stereocenters. The average molecular weight is 464 g/mol. The number of hydrogen-bond acceptors (Lipinski definition) is 7. The highest BCUT2D eigenvalue weighted by Crippen LogP contribution is 2.31. The Bertz CT molecular complexity index is 1140. The maximum atomic E-state index is 12.1. The fourth-order valence-corrected chi connectivity index (χ4v) is 5.23. The third-order valence-corrected chi connectivity index (χ3v) is 7.18. The highest BCUT2D eigenvalue weighted by molar-refractivity contribution is 7.99. The summed E-state index contributed by atoms with van der Waals surface area (Å²) < 4.78 is 6.17. The number of carbonyl (C=O) groups is 1. The van der Waals surface area contributed by atoms with Crippen LogP contribution in [0.5, 0.6) is 0 Å². The first kappa shape index (κ1) is 21.8. The Morgan fingerprint density at radius 1 is 1.18 bits per heavy atom. The van der Waals surface area contributed by atoms with E-state index in [0.717, 1.165) is 60.1 Å². The van der Waals surface area contributed by atoms with Crippen molar-refractivity contribution in [3.05, 3.63) is 53.4 Å². The SMILES string of the molecule is CCC(=O)N1CCc2cc(-c3nc(Nc4ccc(N5CCSCC5)cc4)ncc3C)oc2C1. The van der Waals surface area contributed by atoms with Gasteiger partial charge in [-0.05, 0) is 54.8 Å². The predicted octanol–water partition coefficient (Wildman–Crippen LogP) is 4.64. The van der Waals surface area contributed by atoms with Gasteiger partial charge in [0, 0.05) is 55.1 Å². The van der Waals surface area contributed by atoms with E-state index in [4.69, 9.17) is 9.40 Å². The first-order valence-electron chi connectivity index (χ1n) is 11.5. The topological polar surface area (TPSA) is 74.5 Å². The van der Waals surface area contributed by atoms with Gasteiger partial charge in [-0.3, -0.25) is 4.79 Å². The normalized spacial score (nSPS) is 15.9. The van der Waals surface area contributed by atoms with Gasteiger partial charge in [0.15, 0.2) is 5.76 Å². The third-order valence-electron chi connectivity index (χ3n) is 6.24. The van der Waals surface area contributed by atoms with Crippen molar-refractivity contribution in [3.63, 3.8) is 0 Å². The van der Waals surface area contributed by atoms with Crippen LogP contribution in [-0.2, 0) is 17.8 Å². The number of rotatable bonds is 5. The van der Waals surface area contributed by atoms with E-state index in [0.29, 0.717) is 18.9 Å². The lowest BCUT2D eigenvalue weighted by atomic mass is 10.1. The van der Waals surface area contributed by atoms with Crippen LogP contribution < -0.4 is 10.2 Å². The molecule has 1 fully saturated rings. The average Bonchev–Trinajstić information content (AvgIpc) is 3.29. The zero-order chi connectivity index (χ0) is 22.8. The fraction of sp³-hybridized carbons (Fsp3) is 0.400. The molecule has 1 amide bonds. The number of anilines is 3. The molecule has 8 heteroatoms. The van der Waals surface area contributed by atoms with Crippen LogP contribution in [0.15, 0.2) is 40.9 Å². The minimum absolute atomic E-state index is 0.161. The lowest BCUT2D eigenvalue weighted by molar-refractivity contribution is -0.132. The molecule has 7 nitrogen and oxygen atoms in total. The summed E-state index contributed by atoms with van der Waals surface area (Å²) in [6, 6.07) is 10.5. The minimum atomic E-state index is 0.161. The van der Waals surface area contributed by atoms with Crippen LogP contribution in [0.25, 0.3) is 11.5 Å². The molecule has 3 aromatic rings. The summed E-state index contributed by atoms with van der Waals surface area (Å²) in [5.41, 5.74) is 5.09. The molecule has 172 valence electrons. The highest BCUT2D eigenvalue weighted by Gasteiger charge is 2.24. The van der Waals surface area contributed by atoms with Crippen LogP contribution in [0, 0.1) is 6.92 Å². The molecule has 0 saturated carbocycles. The fourth-order valence-electron chi connectivity index (χ4n) is 4.33. The van der Waals surface area contributed by atoms with Gasteiger partial charge in [-0.1, -0.05) is 6.92 Å². The van der Waals surface area contributed by atoms with Crippen molar-refractivity contribution < 1.29 is 9.21 Å². The molecule has 1 N–H and O–H groups in total. The van der Waals surface area contributed by atoms with Crippen LogP contribution >= 0.6 is 11.8 Å². The largest absolute Gasteiger partial charge is 0.457 e. The van der Waals surface area contributed by atoms with E-state index in [-0.39, 0.29) is 5.91 Å². The van der Waals surface area contributed by atoms with Crippen molar-refractivity contribution in [1.82, 2.24) is 14.9 Å². The number of thioether (sulfide) groups is 1.